The first-order valence-corrected chi connectivity index (χ1v) is 25.9. The Kier molecular flexibility index (Phi) is 16.0. The van der Waals surface area contributed by atoms with Gasteiger partial charge in [0.2, 0.25) is 0 Å². The third kappa shape index (κ3) is 12.7. The van der Waals surface area contributed by atoms with Crippen molar-refractivity contribution < 1.29 is 38.9 Å². The van der Waals surface area contributed by atoms with E-state index in [1.54, 1.807) is 6.08 Å². The Morgan fingerprint density at radius 1 is 0.839 bits per heavy atom. The molecule has 10 atom stereocenters. The summed E-state index contributed by atoms with van der Waals surface area (Å²) in [6, 6.07) is 0. The smallest absolute Gasteiger partial charge is 0.271 e. The van der Waals surface area contributed by atoms with E-state index in [2.05, 4.69) is 49.3 Å². The summed E-state index contributed by atoms with van der Waals surface area (Å²) in [7, 11) is -12.2. The highest BCUT2D eigenvalue weighted by Crippen LogP contribution is 2.54. The summed E-state index contributed by atoms with van der Waals surface area (Å²) in [6.45, 7) is 15.1. The van der Waals surface area contributed by atoms with Crippen LogP contribution in [0.3, 0.4) is 0 Å². The average Bonchev–Trinajstić information content (AvgIpc) is 3.95. The van der Waals surface area contributed by atoms with Crippen LogP contribution < -0.4 is 0 Å². The van der Waals surface area contributed by atoms with Crippen molar-refractivity contribution in [1.82, 2.24) is 9.80 Å². The fourth-order valence-corrected chi connectivity index (χ4v) is 14.0. The van der Waals surface area contributed by atoms with Crippen LogP contribution in [0.5, 0.6) is 0 Å². The van der Waals surface area contributed by atoms with Gasteiger partial charge in [0.05, 0.1) is 10.5 Å². The zero-order valence-corrected chi connectivity index (χ0v) is 36.5. The number of hydrogen-bond acceptors (Lipinski definition) is 8. The van der Waals surface area contributed by atoms with Gasteiger partial charge in [0.25, 0.3) is 30.4 Å². The van der Waals surface area contributed by atoms with E-state index in [0.29, 0.717) is 31.6 Å². The first-order chi connectivity index (χ1) is 26.4. The molecule has 0 spiro atoms. The van der Waals surface area contributed by atoms with E-state index in [0.717, 1.165) is 115 Å². The van der Waals surface area contributed by atoms with Crippen LogP contribution in [0.15, 0.2) is 47.7 Å². The Hall–Kier alpha value is -1.55. The van der Waals surface area contributed by atoms with Gasteiger partial charge in [-0.1, -0.05) is 61.8 Å². The molecule has 0 heterocycles. The van der Waals surface area contributed by atoms with Gasteiger partial charge in [0.1, 0.15) is 5.25 Å². The van der Waals surface area contributed by atoms with Gasteiger partial charge in [-0.15, -0.1) is 0 Å². The van der Waals surface area contributed by atoms with E-state index in [4.69, 9.17) is 0 Å². The summed E-state index contributed by atoms with van der Waals surface area (Å²) >= 11 is 0. The third-order valence-electron chi connectivity index (χ3n) is 14.0. The molecule has 14 heteroatoms. The van der Waals surface area contributed by atoms with Crippen molar-refractivity contribution in [3.05, 3.63) is 47.7 Å². The van der Waals surface area contributed by atoms with Crippen LogP contribution in [0.2, 0.25) is 0 Å². The topological polar surface area (TPSA) is 170 Å². The predicted octanol–water partition coefficient (Wildman–Crippen LogP) is 7.97. The fraction of sp³-hybridized carbons (Fsp3) is 0.810. The van der Waals surface area contributed by atoms with Gasteiger partial charge in [-0.3, -0.25) is 13.7 Å². The molecular weight excluding hydrogens is 773 g/mol. The number of rotatable bonds is 20. The largest absolute Gasteiger partial charge is 0.375 e. The summed E-state index contributed by atoms with van der Waals surface area (Å²) in [5.41, 5.74) is 3.78. The first-order valence-electron chi connectivity index (χ1n) is 21.4. The summed E-state index contributed by atoms with van der Waals surface area (Å²) in [5.74, 6) is 1.47. The zero-order valence-electron chi connectivity index (χ0n) is 34.0. The van der Waals surface area contributed by atoms with Crippen molar-refractivity contribution >= 4 is 30.4 Å². The van der Waals surface area contributed by atoms with Gasteiger partial charge in [0, 0.05) is 25.3 Å². The molecule has 56 heavy (non-hydrogen) atoms. The minimum atomic E-state index is -4.18. The van der Waals surface area contributed by atoms with Crippen molar-refractivity contribution in [3.8, 4) is 0 Å². The predicted molar refractivity (Wildman–Crippen MR) is 224 cm³/mol. The second-order valence-electron chi connectivity index (χ2n) is 18.0. The molecule has 11 nitrogen and oxygen atoms in total. The number of hydrogen-bond donors (Lipinski definition) is 3. The van der Waals surface area contributed by atoms with Crippen LogP contribution in [0.25, 0.3) is 0 Å². The van der Waals surface area contributed by atoms with Crippen LogP contribution in [0.4, 0.5) is 0 Å². The molecule has 5 rings (SSSR count). The lowest BCUT2D eigenvalue weighted by Gasteiger charge is -2.36. The molecule has 0 amide bonds. The second kappa shape index (κ2) is 19.7. The molecule has 0 aromatic carbocycles. The summed E-state index contributed by atoms with van der Waals surface area (Å²) in [4.78, 5) is 4.82. The van der Waals surface area contributed by atoms with E-state index >= 15 is 0 Å². The van der Waals surface area contributed by atoms with Gasteiger partial charge in [-0.2, -0.15) is 25.3 Å². The molecule has 5 aliphatic rings. The van der Waals surface area contributed by atoms with E-state index in [-0.39, 0.29) is 35.5 Å². The van der Waals surface area contributed by atoms with Gasteiger partial charge in [0.15, 0.2) is 0 Å². The zero-order chi connectivity index (χ0) is 40.8. The highest BCUT2D eigenvalue weighted by molar-refractivity contribution is 7.87. The van der Waals surface area contributed by atoms with Crippen LogP contribution in [0, 0.1) is 41.4 Å². The molecule has 0 radical (unpaired) electrons. The molecule has 0 saturated heterocycles. The summed E-state index contributed by atoms with van der Waals surface area (Å²) in [5, 5.41) is -2.18. The minimum Gasteiger partial charge on any atom is -0.375 e. The molecule has 3 N–H and O–H groups in total. The molecule has 3 fully saturated rings. The van der Waals surface area contributed by atoms with Crippen molar-refractivity contribution in [2.75, 3.05) is 32.7 Å². The van der Waals surface area contributed by atoms with Crippen LogP contribution in [0.1, 0.15) is 124 Å². The number of unbranched alkanes of at least 4 members (excludes halogenated alkanes) is 1. The maximum atomic E-state index is 12.2. The highest BCUT2D eigenvalue weighted by Gasteiger charge is 2.53. The van der Waals surface area contributed by atoms with Crippen LogP contribution >= 0.6 is 0 Å². The van der Waals surface area contributed by atoms with Crippen molar-refractivity contribution in [3.63, 3.8) is 0 Å². The summed E-state index contributed by atoms with van der Waals surface area (Å²) in [6.07, 6.45) is 20.9. The SMILES string of the molecule is C=C(C)C(CCCCN(CC)CC1CCCC(S(=O)(=O)O)C1)C(C[C@@H]1CC=CC(S(=O)(=O)O)C1)C1=CCC=C(N(CC)CC2C[C@H]3C[C@H]3[C@@H](S(=O)(=O)O)C2)CC1. The Bertz CT molecular complexity index is 1770. The van der Waals surface area contributed by atoms with Crippen molar-refractivity contribution in [2.45, 2.75) is 139 Å². The quantitative estimate of drug-likeness (QED) is 0.0618. The number of allylic oxidation sites excluding steroid dienone is 6. The van der Waals surface area contributed by atoms with Crippen LogP contribution in [-0.4, -0.2) is 97.2 Å². The summed E-state index contributed by atoms with van der Waals surface area (Å²) < 4.78 is 102. The minimum absolute atomic E-state index is 0.105. The molecule has 0 bridgehead atoms. The Morgan fingerprint density at radius 2 is 1.61 bits per heavy atom. The molecule has 6 unspecified atom stereocenters. The molecule has 3 saturated carbocycles. The van der Waals surface area contributed by atoms with E-state index < -0.39 is 46.1 Å². The monoisotopic (exact) mass is 842 g/mol. The lowest BCUT2D eigenvalue weighted by atomic mass is 9.71. The average molecular weight is 843 g/mol. The Morgan fingerprint density at radius 3 is 2.27 bits per heavy atom. The lowest BCUT2D eigenvalue weighted by Crippen LogP contribution is -2.36. The normalized spacial score (nSPS) is 31.1. The molecule has 0 aliphatic heterocycles. The van der Waals surface area contributed by atoms with Gasteiger partial charge in [-0.25, -0.2) is 0 Å². The van der Waals surface area contributed by atoms with E-state index in [1.807, 2.05) is 6.08 Å². The van der Waals surface area contributed by atoms with Gasteiger partial charge < -0.3 is 9.80 Å². The molecule has 0 aromatic rings. The van der Waals surface area contributed by atoms with E-state index in [9.17, 15) is 38.9 Å². The van der Waals surface area contributed by atoms with Crippen LogP contribution in [-0.2, 0) is 30.4 Å². The fourth-order valence-electron chi connectivity index (χ4n) is 10.9. The number of nitrogens with zero attached hydrogens (tertiary/aromatic N) is 2. The van der Waals surface area contributed by atoms with Gasteiger partial charge in [-0.05, 0) is 158 Å². The molecular formula is C42H70N2O9S3. The standard InChI is InChI=1S/C42H70N2O9S3/c1-5-43(28-32-13-10-17-38(24-32)55(48,49)50)21-8-7-18-39(30(3)4)40(25-31-12-9-16-37(23-31)54(45,46)47)34-14-11-15-36(20-19-34)44(6-2)29-33-22-35-27-41(35)42(26-33)56(51,52)53/h9,14-16,31-33,35,37-42H,3,5-8,10-13,17-29H2,1-2,4H3,(H,45,46,47)(H,48,49,50)(H,51,52,53)/t31-,32?,33?,35+,37?,38?,39?,40?,41-,42+/m1/s1. The van der Waals surface area contributed by atoms with Crippen molar-refractivity contribution in [1.29, 1.82) is 0 Å². The molecule has 320 valence electrons. The maximum Gasteiger partial charge on any atom is 0.271 e. The first kappa shape index (κ1) is 45.5. The third-order valence-corrected chi connectivity index (χ3v) is 17.7. The second-order valence-corrected chi connectivity index (χ2v) is 22.9. The Labute approximate surface area is 338 Å². The number of fused-ring (bicyclic) bond motifs is 1. The van der Waals surface area contributed by atoms with Gasteiger partial charge >= 0.3 is 0 Å². The Balaban J connectivity index is 1.24. The molecule has 0 aromatic heterocycles. The van der Waals surface area contributed by atoms with Crippen molar-refractivity contribution in [2.24, 2.45) is 41.4 Å². The maximum absolute atomic E-state index is 12.2. The highest BCUT2D eigenvalue weighted by atomic mass is 32.2. The van der Waals surface area contributed by atoms with E-state index in [1.165, 1.54) is 11.3 Å². The molecule has 5 aliphatic carbocycles. The lowest BCUT2D eigenvalue weighted by molar-refractivity contribution is 0.202.